The molecule has 0 aliphatic carbocycles. The number of carbonyl (C=O) groups is 1. The van der Waals surface area contributed by atoms with E-state index in [0.717, 1.165) is 31.7 Å². The van der Waals surface area contributed by atoms with E-state index >= 15 is 0 Å². The Balaban J connectivity index is 1.81. The molecule has 6 heteroatoms. The Morgan fingerprint density at radius 3 is 2.89 bits per heavy atom. The Morgan fingerprint density at radius 1 is 1.33 bits per heavy atom. The van der Waals surface area contributed by atoms with E-state index in [1.807, 2.05) is 10.6 Å². The Labute approximate surface area is 161 Å². The average Bonchev–Trinajstić information content (AvgIpc) is 2.65. The zero-order valence-electron chi connectivity index (χ0n) is 16.6. The van der Waals surface area contributed by atoms with Gasteiger partial charge in [0.25, 0.3) is 5.56 Å². The lowest BCUT2D eigenvalue weighted by atomic mass is 9.78. The normalized spacial score (nSPS) is 24.2. The summed E-state index contributed by atoms with van der Waals surface area (Å²) in [5.74, 6) is 0.718. The van der Waals surface area contributed by atoms with Crippen molar-refractivity contribution in [3.8, 4) is 0 Å². The van der Waals surface area contributed by atoms with Gasteiger partial charge in [0.2, 0.25) is 5.91 Å². The molecule has 0 aromatic carbocycles. The van der Waals surface area contributed by atoms with Crippen molar-refractivity contribution >= 4 is 5.91 Å². The molecule has 2 bridgehead atoms. The number of aromatic nitrogens is 1. The van der Waals surface area contributed by atoms with Gasteiger partial charge in [-0.3, -0.25) is 14.5 Å². The number of likely N-dealkylation sites (tertiary alicyclic amines) is 1. The zero-order valence-corrected chi connectivity index (χ0v) is 16.6. The standard InChI is InChI=1S/C21H31N3O3/c1-15(2)7-9-23-13-16-11-17(14-23)19(12-22-20(25)8-10-27-3)24-18(16)5-4-6-21(24)26/h4-7,16-17,19H,8-14H2,1-3H3,(H,22,25)/t16-,17+,19+/m1/s1. The van der Waals surface area contributed by atoms with Gasteiger partial charge >= 0.3 is 0 Å². The summed E-state index contributed by atoms with van der Waals surface area (Å²) < 4.78 is 6.92. The minimum Gasteiger partial charge on any atom is -0.384 e. The molecule has 27 heavy (non-hydrogen) atoms. The summed E-state index contributed by atoms with van der Waals surface area (Å²) in [5.41, 5.74) is 2.47. The second kappa shape index (κ2) is 8.85. The molecule has 1 fully saturated rings. The van der Waals surface area contributed by atoms with Crippen LogP contribution < -0.4 is 10.9 Å². The third-order valence-corrected chi connectivity index (χ3v) is 5.67. The fourth-order valence-electron chi connectivity index (χ4n) is 4.36. The average molecular weight is 373 g/mol. The van der Waals surface area contributed by atoms with Crippen LogP contribution in [0.5, 0.6) is 0 Å². The number of carbonyl (C=O) groups excluding carboxylic acids is 1. The lowest BCUT2D eigenvalue weighted by Crippen LogP contribution is -2.52. The van der Waals surface area contributed by atoms with Crippen LogP contribution in [-0.4, -0.2) is 55.3 Å². The summed E-state index contributed by atoms with van der Waals surface area (Å²) >= 11 is 0. The molecule has 6 nitrogen and oxygen atoms in total. The van der Waals surface area contributed by atoms with Crippen LogP contribution in [0.1, 0.15) is 44.3 Å². The number of fused-ring (bicyclic) bond motifs is 4. The fraction of sp³-hybridized carbons (Fsp3) is 0.619. The number of hydrogen-bond acceptors (Lipinski definition) is 4. The van der Waals surface area contributed by atoms with Gasteiger partial charge in [0.1, 0.15) is 0 Å². The lowest BCUT2D eigenvalue weighted by Gasteiger charge is -2.47. The topological polar surface area (TPSA) is 63.6 Å². The first-order chi connectivity index (χ1) is 13.0. The molecule has 1 N–H and O–H groups in total. The molecule has 2 aliphatic rings. The van der Waals surface area contributed by atoms with Crippen molar-refractivity contribution in [2.24, 2.45) is 5.92 Å². The minimum absolute atomic E-state index is 0.00551. The summed E-state index contributed by atoms with van der Waals surface area (Å²) in [6.07, 6.45) is 3.69. The van der Waals surface area contributed by atoms with Crippen molar-refractivity contribution < 1.29 is 9.53 Å². The number of nitrogens with one attached hydrogen (secondary N) is 1. The van der Waals surface area contributed by atoms with E-state index < -0.39 is 0 Å². The molecule has 2 aliphatic heterocycles. The summed E-state index contributed by atoms with van der Waals surface area (Å²) in [5, 5.41) is 3.01. The van der Waals surface area contributed by atoms with Crippen LogP contribution in [-0.2, 0) is 9.53 Å². The predicted octanol–water partition coefficient (Wildman–Crippen LogP) is 1.93. The highest BCUT2D eigenvalue weighted by Gasteiger charge is 2.40. The number of hydrogen-bond donors (Lipinski definition) is 1. The van der Waals surface area contributed by atoms with Crippen molar-refractivity contribution in [3.05, 3.63) is 45.9 Å². The van der Waals surface area contributed by atoms with Crippen LogP contribution in [0.25, 0.3) is 0 Å². The van der Waals surface area contributed by atoms with Crippen LogP contribution in [0.2, 0.25) is 0 Å². The van der Waals surface area contributed by atoms with Gasteiger partial charge in [-0.05, 0) is 32.3 Å². The number of pyridine rings is 1. The smallest absolute Gasteiger partial charge is 0.251 e. The summed E-state index contributed by atoms with van der Waals surface area (Å²) in [4.78, 5) is 27.2. The second-order valence-corrected chi connectivity index (χ2v) is 7.97. The van der Waals surface area contributed by atoms with Crippen molar-refractivity contribution in [1.82, 2.24) is 14.8 Å². The molecule has 1 aromatic rings. The van der Waals surface area contributed by atoms with Crippen molar-refractivity contribution in [2.45, 2.75) is 38.6 Å². The van der Waals surface area contributed by atoms with Crippen LogP contribution in [0.3, 0.4) is 0 Å². The Bertz CT molecular complexity index is 751. The number of methoxy groups -OCH3 is 1. The van der Waals surface area contributed by atoms with E-state index in [4.69, 9.17) is 4.74 Å². The van der Waals surface area contributed by atoms with E-state index in [-0.39, 0.29) is 17.5 Å². The third kappa shape index (κ3) is 4.68. The first-order valence-electron chi connectivity index (χ1n) is 9.82. The van der Waals surface area contributed by atoms with Crippen LogP contribution in [0, 0.1) is 5.92 Å². The molecule has 0 unspecified atom stereocenters. The maximum Gasteiger partial charge on any atom is 0.251 e. The predicted molar refractivity (Wildman–Crippen MR) is 106 cm³/mol. The van der Waals surface area contributed by atoms with Crippen molar-refractivity contribution in [3.63, 3.8) is 0 Å². The molecule has 1 saturated heterocycles. The van der Waals surface area contributed by atoms with Gasteiger partial charge in [-0.2, -0.15) is 0 Å². The lowest BCUT2D eigenvalue weighted by molar-refractivity contribution is -0.122. The highest BCUT2D eigenvalue weighted by molar-refractivity contribution is 5.75. The van der Waals surface area contributed by atoms with E-state index in [2.05, 4.69) is 36.2 Å². The van der Waals surface area contributed by atoms with Crippen LogP contribution in [0.15, 0.2) is 34.6 Å². The van der Waals surface area contributed by atoms with Gasteiger partial charge in [0.15, 0.2) is 0 Å². The van der Waals surface area contributed by atoms with Gasteiger partial charge in [-0.15, -0.1) is 0 Å². The maximum atomic E-state index is 12.6. The highest BCUT2D eigenvalue weighted by atomic mass is 16.5. The largest absolute Gasteiger partial charge is 0.384 e. The van der Waals surface area contributed by atoms with Gasteiger partial charge in [0, 0.05) is 57.4 Å². The molecule has 3 rings (SSSR count). The van der Waals surface area contributed by atoms with Gasteiger partial charge in [0.05, 0.1) is 12.6 Å². The number of ether oxygens (including phenoxy) is 1. The molecule has 1 aromatic heterocycles. The fourth-order valence-corrected chi connectivity index (χ4v) is 4.36. The summed E-state index contributed by atoms with van der Waals surface area (Å²) in [6.45, 7) is 8.04. The van der Waals surface area contributed by atoms with E-state index in [0.29, 0.717) is 31.4 Å². The first kappa shape index (κ1) is 19.8. The monoisotopic (exact) mass is 373 g/mol. The van der Waals surface area contributed by atoms with E-state index in [1.54, 1.807) is 13.2 Å². The molecule has 1 amide bonds. The highest BCUT2D eigenvalue weighted by Crippen LogP contribution is 2.40. The van der Waals surface area contributed by atoms with Crippen LogP contribution >= 0.6 is 0 Å². The second-order valence-electron chi connectivity index (χ2n) is 7.97. The van der Waals surface area contributed by atoms with Gasteiger partial charge < -0.3 is 14.6 Å². The molecular weight excluding hydrogens is 342 g/mol. The molecule has 3 heterocycles. The summed E-state index contributed by atoms with van der Waals surface area (Å²) in [6, 6.07) is 5.57. The Morgan fingerprint density at radius 2 is 2.15 bits per heavy atom. The number of nitrogens with zero attached hydrogens (tertiary/aromatic N) is 2. The molecule has 0 spiro atoms. The zero-order chi connectivity index (χ0) is 19.4. The van der Waals surface area contributed by atoms with Crippen LogP contribution in [0.4, 0.5) is 0 Å². The Hall–Kier alpha value is -1.92. The molecule has 0 saturated carbocycles. The van der Waals surface area contributed by atoms with Crippen molar-refractivity contribution in [1.29, 1.82) is 0 Å². The molecular formula is C21H31N3O3. The Kier molecular flexibility index (Phi) is 6.50. The molecule has 0 radical (unpaired) electrons. The molecule has 148 valence electrons. The SMILES string of the molecule is COCCC(=O)NC[C@H]1[C@H]2C[C@H](CN(CC=C(C)C)C2)c2cccc(=O)n21. The number of piperidine rings is 1. The maximum absolute atomic E-state index is 12.6. The molecule has 3 atom stereocenters. The van der Waals surface area contributed by atoms with Crippen molar-refractivity contribution in [2.75, 3.05) is 39.9 Å². The quantitative estimate of drug-likeness (QED) is 0.742. The number of rotatable bonds is 7. The van der Waals surface area contributed by atoms with Gasteiger partial charge in [-0.1, -0.05) is 17.7 Å². The number of amides is 1. The van der Waals surface area contributed by atoms with E-state index in [9.17, 15) is 9.59 Å². The minimum atomic E-state index is -0.0262. The third-order valence-electron chi connectivity index (χ3n) is 5.67. The number of allylic oxidation sites excluding steroid dienone is 1. The van der Waals surface area contributed by atoms with E-state index in [1.165, 1.54) is 5.57 Å². The summed E-state index contributed by atoms with van der Waals surface area (Å²) in [7, 11) is 1.59. The van der Waals surface area contributed by atoms with Gasteiger partial charge in [-0.25, -0.2) is 0 Å². The first-order valence-corrected chi connectivity index (χ1v) is 9.82.